The Morgan fingerprint density at radius 2 is 1.86 bits per heavy atom. The lowest BCUT2D eigenvalue weighted by atomic mass is 9.92. The van der Waals surface area contributed by atoms with Gasteiger partial charge in [-0.25, -0.2) is 4.79 Å². The van der Waals surface area contributed by atoms with Crippen LogP contribution in [-0.2, 0) is 16.9 Å². The van der Waals surface area contributed by atoms with Crippen LogP contribution in [0, 0.1) is 0 Å². The van der Waals surface area contributed by atoms with Crippen molar-refractivity contribution < 1.29 is 32.6 Å². The third-order valence-electron chi connectivity index (χ3n) is 4.71. The van der Waals surface area contributed by atoms with Crippen molar-refractivity contribution in [3.63, 3.8) is 0 Å². The lowest BCUT2D eigenvalue weighted by Gasteiger charge is -2.22. The predicted molar refractivity (Wildman–Crippen MR) is 92.1 cm³/mol. The molecule has 3 amide bonds. The third-order valence-corrected chi connectivity index (χ3v) is 4.71. The lowest BCUT2D eigenvalue weighted by Crippen LogP contribution is -2.40. The second kappa shape index (κ2) is 6.66. The van der Waals surface area contributed by atoms with Crippen LogP contribution in [0.3, 0.4) is 0 Å². The summed E-state index contributed by atoms with van der Waals surface area (Å²) in [5, 5.41) is 2.67. The molecule has 28 heavy (non-hydrogen) atoms. The van der Waals surface area contributed by atoms with Gasteiger partial charge in [0, 0.05) is 0 Å². The predicted octanol–water partition coefficient (Wildman–Crippen LogP) is 2.98. The Balaban J connectivity index is 1.54. The van der Waals surface area contributed by atoms with Crippen LogP contribution >= 0.6 is 0 Å². The average molecular weight is 390 g/mol. The number of nitrogens with one attached hydrogen (secondary N) is 1. The van der Waals surface area contributed by atoms with Gasteiger partial charge in [0.1, 0.15) is 11.3 Å². The zero-order chi connectivity index (χ0) is 19.9. The minimum absolute atomic E-state index is 0.0312. The first-order chi connectivity index (χ1) is 13.4. The van der Waals surface area contributed by atoms with Crippen molar-refractivity contribution in [2.45, 2.75) is 25.6 Å². The van der Waals surface area contributed by atoms with Crippen LogP contribution in [0.25, 0.3) is 0 Å². The summed E-state index contributed by atoms with van der Waals surface area (Å²) in [5.74, 6) is 0.688. The first-order valence-electron chi connectivity index (χ1n) is 8.45. The second-order valence-corrected chi connectivity index (χ2v) is 6.54. The van der Waals surface area contributed by atoms with Gasteiger partial charge in [-0.2, -0.15) is 8.78 Å². The number of hydrogen-bond donors (Lipinski definition) is 1. The number of nitrogens with zero attached hydrogens (tertiary/aromatic N) is 1. The van der Waals surface area contributed by atoms with Crippen molar-refractivity contribution in [1.29, 1.82) is 0 Å². The monoisotopic (exact) mass is 390 g/mol. The van der Waals surface area contributed by atoms with Crippen molar-refractivity contribution in [2.75, 3.05) is 6.79 Å². The molecular weight excluding hydrogens is 374 g/mol. The summed E-state index contributed by atoms with van der Waals surface area (Å²) in [6.45, 7) is -1.18. The Morgan fingerprint density at radius 3 is 2.57 bits per heavy atom. The molecule has 7 nitrogen and oxygen atoms in total. The van der Waals surface area contributed by atoms with E-state index in [1.54, 1.807) is 25.1 Å². The highest BCUT2D eigenvalue weighted by Gasteiger charge is 2.48. The molecule has 1 atom stereocenters. The molecule has 2 aromatic carbocycles. The van der Waals surface area contributed by atoms with E-state index >= 15 is 0 Å². The molecule has 4 rings (SSSR count). The van der Waals surface area contributed by atoms with Crippen molar-refractivity contribution in [2.24, 2.45) is 0 Å². The van der Waals surface area contributed by atoms with Crippen LogP contribution in [0.15, 0.2) is 42.5 Å². The molecule has 9 heteroatoms. The van der Waals surface area contributed by atoms with E-state index in [1.165, 1.54) is 24.3 Å². The van der Waals surface area contributed by atoms with E-state index in [4.69, 9.17) is 9.47 Å². The van der Waals surface area contributed by atoms with Crippen molar-refractivity contribution in [3.8, 4) is 17.2 Å². The molecular formula is C19H16F2N2O5. The highest BCUT2D eigenvalue weighted by Crippen LogP contribution is 2.35. The highest BCUT2D eigenvalue weighted by molar-refractivity contribution is 6.07. The van der Waals surface area contributed by atoms with Gasteiger partial charge in [0.25, 0.3) is 5.91 Å². The van der Waals surface area contributed by atoms with Gasteiger partial charge < -0.3 is 19.5 Å². The second-order valence-electron chi connectivity index (χ2n) is 6.54. The van der Waals surface area contributed by atoms with Crippen LogP contribution in [0.4, 0.5) is 13.6 Å². The quantitative estimate of drug-likeness (QED) is 0.795. The summed E-state index contributed by atoms with van der Waals surface area (Å²) in [6, 6.07) is 10.2. The Hall–Kier alpha value is -3.36. The van der Waals surface area contributed by atoms with E-state index in [9.17, 15) is 18.4 Å². The molecule has 0 spiro atoms. The fourth-order valence-electron chi connectivity index (χ4n) is 3.23. The van der Waals surface area contributed by atoms with Gasteiger partial charge in [0.15, 0.2) is 11.5 Å². The molecule has 0 unspecified atom stereocenters. The number of rotatable bonds is 5. The smallest absolute Gasteiger partial charge is 0.387 e. The number of ether oxygens (including phenoxy) is 3. The van der Waals surface area contributed by atoms with Gasteiger partial charge >= 0.3 is 12.6 Å². The van der Waals surface area contributed by atoms with Gasteiger partial charge in [-0.3, -0.25) is 9.69 Å². The molecule has 0 saturated carbocycles. The summed E-state index contributed by atoms with van der Waals surface area (Å²) >= 11 is 0. The number of urea groups is 1. The minimum Gasteiger partial charge on any atom is -0.454 e. The molecule has 0 aliphatic carbocycles. The molecule has 2 heterocycles. The number of alkyl halides is 2. The van der Waals surface area contributed by atoms with Crippen LogP contribution < -0.4 is 19.5 Å². The minimum atomic E-state index is -2.94. The zero-order valence-corrected chi connectivity index (χ0v) is 14.8. The molecule has 0 aromatic heterocycles. The fraction of sp³-hybridized carbons (Fsp3) is 0.263. The summed E-state index contributed by atoms with van der Waals surface area (Å²) in [6.07, 6.45) is 0. The SMILES string of the molecule is C[C@]1(c2ccc(OC(F)F)cc2)NC(=O)N(Cc2ccc3c(c2)OCO3)C1=O. The zero-order valence-electron chi connectivity index (χ0n) is 14.8. The molecule has 0 radical (unpaired) electrons. The number of carbonyl (C=O) groups excluding carboxylic acids is 2. The van der Waals surface area contributed by atoms with Gasteiger partial charge in [0.2, 0.25) is 6.79 Å². The van der Waals surface area contributed by atoms with Gasteiger partial charge in [0.05, 0.1) is 6.54 Å². The van der Waals surface area contributed by atoms with Crippen molar-refractivity contribution >= 4 is 11.9 Å². The Labute approximate surface area is 158 Å². The van der Waals surface area contributed by atoms with Crippen molar-refractivity contribution in [3.05, 3.63) is 53.6 Å². The first kappa shape index (κ1) is 18.0. The van der Waals surface area contributed by atoms with E-state index in [0.717, 1.165) is 4.90 Å². The van der Waals surface area contributed by atoms with E-state index in [2.05, 4.69) is 10.1 Å². The lowest BCUT2D eigenvalue weighted by molar-refractivity contribution is -0.131. The number of amides is 3. The molecule has 2 aliphatic heterocycles. The molecule has 1 fully saturated rings. The maximum Gasteiger partial charge on any atom is 0.387 e. The molecule has 0 bridgehead atoms. The number of imide groups is 1. The molecule has 1 N–H and O–H groups in total. The standard InChI is InChI=1S/C19H16F2N2O5/c1-19(12-3-5-13(6-4-12)28-17(20)21)16(24)23(18(25)22-19)9-11-2-7-14-15(8-11)27-10-26-14/h2-8,17H,9-10H2,1H3,(H,22,25)/t19-/m1/s1. The number of carbonyl (C=O) groups is 2. The molecule has 146 valence electrons. The van der Waals surface area contributed by atoms with Gasteiger partial charge in [-0.05, 0) is 42.3 Å². The Morgan fingerprint density at radius 1 is 1.14 bits per heavy atom. The third kappa shape index (κ3) is 3.08. The highest BCUT2D eigenvalue weighted by atomic mass is 19.3. The first-order valence-corrected chi connectivity index (χ1v) is 8.45. The van der Waals surface area contributed by atoms with E-state index in [0.29, 0.717) is 22.6 Å². The van der Waals surface area contributed by atoms with Crippen LogP contribution in [0.1, 0.15) is 18.1 Å². The average Bonchev–Trinajstić information content (AvgIpc) is 3.20. The van der Waals surface area contributed by atoms with E-state index in [-0.39, 0.29) is 19.1 Å². The number of hydrogen-bond acceptors (Lipinski definition) is 5. The van der Waals surface area contributed by atoms with E-state index < -0.39 is 24.1 Å². The molecule has 2 aromatic rings. The maximum atomic E-state index is 13.0. The molecule has 1 saturated heterocycles. The van der Waals surface area contributed by atoms with Crippen LogP contribution in [0.5, 0.6) is 17.2 Å². The summed E-state index contributed by atoms with van der Waals surface area (Å²) < 4.78 is 39.5. The van der Waals surface area contributed by atoms with E-state index in [1.807, 2.05) is 0 Å². The largest absolute Gasteiger partial charge is 0.454 e. The Bertz CT molecular complexity index is 934. The normalized spacial score (nSPS) is 20.6. The van der Waals surface area contributed by atoms with Crippen molar-refractivity contribution in [1.82, 2.24) is 10.2 Å². The summed E-state index contributed by atoms with van der Waals surface area (Å²) in [5.41, 5.74) is -0.144. The fourth-order valence-corrected chi connectivity index (χ4v) is 3.23. The van der Waals surface area contributed by atoms with Crippen LogP contribution in [0.2, 0.25) is 0 Å². The topological polar surface area (TPSA) is 77.1 Å². The number of halogens is 2. The Kier molecular flexibility index (Phi) is 4.29. The summed E-state index contributed by atoms with van der Waals surface area (Å²) in [4.78, 5) is 26.5. The van der Waals surface area contributed by atoms with Gasteiger partial charge in [-0.15, -0.1) is 0 Å². The summed E-state index contributed by atoms with van der Waals surface area (Å²) in [7, 11) is 0. The number of fused-ring (bicyclic) bond motifs is 1. The maximum absolute atomic E-state index is 13.0. The van der Waals surface area contributed by atoms with Gasteiger partial charge in [-0.1, -0.05) is 18.2 Å². The molecule has 2 aliphatic rings. The van der Waals surface area contributed by atoms with Crippen LogP contribution in [-0.4, -0.2) is 30.2 Å². The number of benzene rings is 2.